The van der Waals surface area contributed by atoms with Gasteiger partial charge in [-0.2, -0.15) is 0 Å². The number of nitrogens with two attached hydrogens (primary N) is 1. The summed E-state index contributed by atoms with van der Waals surface area (Å²) in [5.41, 5.74) is 10.5. The molecule has 1 heterocycles. The number of benzene rings is 3. The van der Waals surface area contributed by atoms with Crippen LogP contribution < -0.4 is 21.3 Å². The van der Waals surface area contributed by atoms with Gasteiger partial charge in [0.25, 0.3) is 5.91 Å². The number of hydrogen-bond donors (Lipinski definition) is 3. The zero-order chi connectivity index (χ0) is 25.7. The standard InChI is InChI=1S/C28H28N4O4/c1-3-36-28(35)19-9-14-22-23(17-19)31-27(34)25(22)26(18-7-5-4-6-8-18)30-20-10-12-21(13-11-20)32(2)24(33)15-16-29/h4-14,17,30H,3,15-16,29H2,1-2H3,(H,31,34)/b26-25-. The van der Waals surface area contributed by atoms with Crippen LogP contribution in [0.5, 0.6) is 0 Å². The molecule has 0 saturated heterocycles. The minimum Gasteiger partial charge on any atom is -0.462 e. The molecule has 4 N–H and O–H groups in total. The third kappa shape index (κ3) is 5.13. The summed E-state index contributed by atoms with van der Waals surface area (Å²) in [6, 6.07) is 21.9. The van der Waals surface area contributed by atoms with Crippen LogP contribution >= 0.6 is 0 Å². The van der Waals surface area contributed by atoms with Gasteiger partial charge in [0.1, 0.15) is 0 Å². The molecule has 0 aromatic heterocycles. The molecule has 8 heteroatoms. The minimum atomic E-state index is -0.441. The van der Waals surface area contributed by atoms with Gasteiger partial charge in [-0.05, 0) is 48.9 Å². The molecule has 3 aromatic carbocycles. The number of esters is 1. The average Bonchev–Trinajstić information content (AvgIpc) is 3.22. The van der Waals surface area contributed by atoms with Gasteiger partial charge in [0.15, 0.2) is 0 Å². The summed E-state index contributed by atoms with van der Waals surface area (Å²) in [5, 5.41) is 6.26. The highest BCUT2D eigenvalue weighted by Crippen LogP contribution is 2.38. The van der Waals surface area contributed by atoms with Gasteiger partial charge in [-0.1, -0.05) is 36.4 Å². The van der Waals surface area contributed by atoms with Crippen LogP contribution in [0.1, 0.15) is 34.8 Å². The SMILES string of the molecule is CCOC(=O)c1ccc2c(c1)NC(=O)/C2=C(\Nc1ccc(N(C)C(=O)CCN)cc1)c1ccccc1. The number of carbonyl (C=O) groups is 3. The van der Waals surface area contributed by atoms with Crippen molar-refractivity contribution in [3.63, 3.8) is 0 Å². The van der Waals surface area contributed by atoms with Crippen LogP contribution in [0.4, 0.5) is 17.1 Å². The Morgan fingerprint density at radius 2 is 1.72 bits per heavy atom. The fraction of sp³-hybridized carbons (Fsp3) is 0.179. The van der Waals surface area contributed by atoms with E-state index in [0.29, 0.717) is 34.6 Å². The summed E-state index contributed by atoms with van der Waals surface area (Å²) in [5.74, 6) is -0.781. The molecule has 0 radical (unpaired) electrons. The monoisotopic (exact) mass is 484 g/mol. The van der Waals surface area contributed by atoms with Crippen molar-refractivity contribution in [3.05, 3.63) is 89.5 Å². The number of ether oxygens (including phenoxy) is 1. The summed E-state index contributed by atoms with van der Waals surface area (Å²) in [4.78, 5) is 39.0. The van der Waals surface area contributed by atoms with Crippen LogP contribution in [0.2, 0.25) is 0 Å². The molecule has 0 spiro atoms. The third-order valence-corrected chi connectivity index (χ3v) is 5.84. The molecule has 1 aliphatic rings. The number of nitrogens with zero attached hydrogens (tertiary/aromatic N) is 1. The van der Waals surface area contributed by atoms with Crippen molar-refractivity contribution in [2.24, 2.45) is 5.73 Å². The molecule has 3 aromatic rings. The Hall–Kier alpha value is -4.43. The second kappa shape index (κ2) is 10.9. The van der Waals surface area contributed by atoms with Crippen molar-refractivity contribution < 1.29 is 19.1 Å². The number of hydrogen-bond acceptors (Lipinski definition) is 6. The van der Waals surface area contributed by atoms with E-state index in [0.717, 1.165) is 16.9 Å². The van der Waals surface area contributed by atoms with Gasteiger partial charge in [-0.15, -0.1) is 0 Å². The van der Waals surface area contributed by atoms with Crippen LogP contribution in [-0.4, -0.2) is 38.0 Å². The highest BCUT2D eigenvalue weighted by molar-refractivity contribution is 6.37. The van der Waals surface area contributed by atoms with Gasteiger partial charge in [0.2, 0.25) is 5.91 Å². The fourth-order valence-electron chi connectivity index (χ4n) is 3.99. The predicted molar refractivity (Wildman–Crippen MR) is 141 cm³/mol. The number of fused-ring (bicyclic) bond motifs is 1. The van der Waals surface area contributed by atoms with Crippen LogP contribution in [0.25, 0.3) is 11.3 Å². The lowest BCUT2D eigenvalue weighted by atomic mass is 9.99. The van der Waals surface area contributed by atoms with Crippen LogP contribution in [0.15, 0.2) is 72.8 Å². The number of amides is 2. The molecule has 4 rings (SSSR count). The molecular formula is C28H28N4O4. The minimum absolute atomic E-state index is 0.0632. The van der Waals surface area contributed by atoms with Crippen molar-refractivity contribution in [1.29, 1.82) is 0 Å². The molecule has 0 saturated carbocycles. The zero-order valence-electron chi connectivity index (χ0n) is 20.2. The Kier molecular flexibility index (Phi) is 7.46. The number of anilines is 3. The van der Waals surface area contributed by atoms with Crippen molar-refractivity contribution in [2.45, 2.75) is 13.3 Å². The molecule has 36 heavy (non-hydrogen) atoms. The summed E-state index contributed by atoms with van der Waals surface area (Å²) < 4.78 is 5.09. The van der Waals surface area contributed by atoms with E-state index < -0.39 is 5.97 Å². The lowest BCUT2D eigenvalue weighted by Gasteiger charge is -2.19. The maximum absolute atomic E-state index is 13.1. The van der Waals surface area contributed by atoms with Crippen molar-refractivity contribution in [2.75, 3.05) is 35.7 Å². The largest absolute Gasteiger partial charge is 0.462 e. The third-order valence-electron chi connectivity index (χ3n) is 5.84. The van der Waals surface area contributed by atoms with E-state index in [1.165, 1.54) is 0 Å². The quantitative estimate of drug-likeness (QED) is 0.328. The first-order valence-electron chi connectivity index (χ1n) is 11.7. The van der Waals surface area contributed by atoms with Crippen molar-refractivity contribution >= 4 is 46.1 Å². The molecule has 184 valence electrons. The normalized spacial score (nSPS) is 13.5. The molecule has 0 atom stereocenters. The van der Waals surface area contributed by atoms with Crippen LogP contribution in [-0.2, 0) is 14.3 Å². The molecular weight excluding hydrogens is 456 g/mol. The van der Waals surface area contributed by atoms with Crippen molar-refractivity contribution in [1.82, 2.24) is 0 Å². The Bertz CT molecular complexity index is 1320. The number of nitrogens with one attached hydrogen (secondary N) is 2. The van der Waals surface area contributed by atoms with Gasteiger partial charge in [0, 0.05) is 37.0 Å². The van der Waals surface area contributed by atoms with Gasteiger partial charge < -0.3 is 26.0 Å². The Morgan fingerprint density at radius 1 is 1.00 bits per heavy atom. The fourth-order valence-corrected chi connectivity index (χ4v) is 3.99. The summed E-state index contributed by atoms with van der Waals surface area (Å²) in [7, 11) is 1.71. The van der Waals surface area contributed by atoms with E-state index in [9.17, 15) is 14.4 Å². The van der Waals surface area contributed by atoms with E-state index >= 15 is 0 Å². The predicted octanol–water partition coefficient (Wildman–Crippen LogP) is 4.11. The van der Waals surface area contributed by atoms with Crippen molar-refractivity contribution in [3.8, 4) is 0 Å². The van der Waals surface area contributed by atoms with Gasteiger partial charge >= 0.3 is 5.97 Å². The van der Waals surface area contributed by atoms with E-state index in [2.05, 4.69) is 10.6 Å². The number of rotatable bonds is 8. The maximum Gasteiger partial charge on any atom is 0.338 e. The highest BCUT2D eigenvalue weighted by Gasteiger charge is 2.29. The summed E-state index contributed by atoms with van der Waals surface area (Å²) in [6.45, 7) is 2.31. The Labute approximate surface area is 209 Å². The lowest BCUT2D eigenvalue weighted by molar-refractivity contribution is -0.118. The molecule has 0 unspecified atom stereocenters. The van der Waals surface area contributed by atoms with Crippen LogP contribution in [0, 0.1) is 0 Å². The van der Waals surface area contributed by atoms with E-state index in [1.807, 2.05) is 54.6 Å². The second-order valence-corrected chi connectivity index (χ2v) is 8.21. The molecule has 0 bridgehead atoms. The van der Waals surface area contributed by atoms with Gasteiger partial charge in [-0.3, -0.25) is 9.59 Å². The van der Waals surface area contributed by atoms with Gasteiger partial charge in [0.05, 0.1) is 29.1 Å². The number of carbonyl (C=O) groups excluding carboxylic acids is 3. The van der Waals surface area contributed by atoms with Crippen LogP contribution in [0.3, 0.4) is 0 Å². The van der Waals surface area contributed by atoms with Gasteiger partial charge in [-0.25, -0.2) is 4.79 Å². The average molecular weight is 485 g/mol. The molecule has 8 nitrogen and oxygen atoms in total. The molecule has 2 amide bonds. The van der Waals surface area contributed by atoms with E-state index in [-0.39, 0.29) is 24.8 Å². The summed E-state index contributed by atoms with van der Waals surface area (Å²) in [6.07, 6.45) is 0.271. The Morgan fingerprint density at radius 3 is 2.39 bits per heavy atom. The maximum atomic E-state index is 13.1. The first-order chi connectivity index (χ1) is 17.4. The first kappa shape index (κ1) is 24.7. The second-order valence-electron chi connectivity index (χ2n) is 8.21. The van der Waals surface area contributed by atoms with E-state index in [4.69, 9.17) is 10.5 Å². The highest BCUT2D eigenvalue weighted by atomic mass is 16.5. The zero-order valence-corrected chi connectivity index (χ0v) is 20.2. The summed E-state index contributed by atoms with van der Waals surface area (Å²) >= 11 is 0. The Balaban J connectivity index is 1.72. The smallest absolute Gasteiger partial charge is 0.338 e. The lowest BCUT2D eigenvalue weighted by Crippen LogP contribution is -2.27. The van der Waals surface area contributed by atoms with E-state index in [1.54, 1.807) is 37.1 Å². The first-order valence-corrected chi connectivity index (χ1v) is 11.7. The molecule has 0 fully saturated rings. The topological polar surface area (TPSA) is 114 Å². The molecule has 1 aliphatic heterocycles. The molecule has 0 aliphatic carbocycles.